The molecule has 0 heterocycles. The highest BCUT2D eigenvalue weighted by molar-refractivity contribution is 7.99. The predicted octanol–water partition coefficient (Wildman–Crippen LogP) is 6.35. The van der Waals surface area contributed by atoms with Crippen LogP contribution in [0.3, 0.4) is 0 Å². The Labute approximate surface area is 160 Å². The van der Waals surface area contributed by atoms with Crippen LogP contribution in [0.15, 0.2) is 42.5 Å². The molecule has 2 aromatic carbocycles. The third-order valence-electron chi connectivity index (χ3n) is 3.73. The maximum Gasteiger partial charge on any atom is 0.418 e. The molecule has 1 N–H and O–H groups in total. The van der Waals surface area contributed by atoms with Crippen LogP contribution in [0, 0.1) is 0 Å². The van der Waals surface area contributed by atoms with E-state index in [1.807, 2.05) is 24.3 Å². The van der Waals surface area contributed by atoms with E-state index in [1.165, 1.54) is 29.5 Å². The molecule has 0 saturated carbocycles. The van der Waals surface area contributed by atoms with Gasteiger partial charge < -0.3 is 5.32 Å². The van der Waals surface area contributed by atoms with Gasteiger partial charge in [-0.2, -0.15) is 13.2 Å². The largest absolute Gasteiger partial charge is 0.418 e. The van der Waals surface area contributed by atoms with Gasteiger partial charge >= 0.3 is 6.18 Å². The number of alkyl halides is 3. The van der Waals surface area contributed by atoms with E-state index in [0.29, 0.717) is 11.7 Å². The maximum absolute atomic E-state index is 13.0. The van der Waals surface area contributed by atoms with Crippen LogP contribution in [0.4, 0.5) is 18.9 Å². The average molecular weight is 402 g/mol. The minimum Gasteiger partial charge on any atom is -0.324 e. The van der Waals surface area contributed by atoms with E-state index >= 15 is 0 Å². The molecule has 140 valence electrons. The third-order valence-corrected chi connectivity index (χ3v) is 5.05. The van der Waals surface area contributed by atoms with Crippen molar-refractivity contribution < 1.29 is 18.0 Å². The van der Waals surface area contributed by atoms with Crippen molar-refractivity contribution in [1.29, 1.82) is 0 Å². The summed E-state index contributed by atoms with van der Waals surface area (Å²) in [6.07, 6.45) is -4.58. The molecule has 0 fully saturated rings. The van der Waals surface area contributed by atoms with Crippen LogP contribution < -0.4 is 5.32 Å². The van der Waals surface area contributed by atoms with Crippen molar-refractivity contribution in [1.82, 2.24) is 0 Å². The molecule has 1 amide bonds. The number of carbonyl (C=O) groups excluding carboxylic acids is 1. The van der Waals surface area contributed by atoms with E-state index in [2.05, 4.69) is 19.2 Å². The monoisotopic (exact) mass is 401 g/mol. The quantitative estimate of drug-likeness (QED) is 0.610. The fourth-order valence-electron chi connectivity index (χ4n) is 2.32. The third kappa shape index (κ3) is 5.68. The van der Waals surface area contributed by atoms with Crippen molar-refractivity contribution in [2.24, 2.45) is 0 Å². The Kier molecular flexibility index (Phi) is 7.01. The summed E-state index contributed by atoms with van der Waals surface area (Å²) in [6, 6.07) is 11.5. The number of benzene rings is 2. The molecule has 7 heteroatoms. The van der Waals surface area contributed by atoms with Crippen molar-refractivity contribution in [2.75, 3.05) is 11.1 Å². The Hall–Kier alpha value is -1.66. The zero-order valence-electron chi connectivity index (χ0n) is 14.4. The summed E-state index contributed by atoms with van der Waals surface area (Å²) in [5.41, 5.74) is 0.942. The highest BCUT2D eigenvalue weighted by atomic mass is 35.5. The van der Waals surface area contributed by atoms with Crippen LogP contribution >= 0.6 is 23.4 Å². The SMILES string of the molecule is CC(C)c1ccc(CSCC(=O)Nc2c(Cl)cccc2C(F)(F)F)cc1. The molecule has 2 aromatic rings. The summed E-state index contributed by atoms with van der Waals surface area (Å²) in [5, 5.41) is 2.15. The van der Waals surface area contributed by atoms with Gasteiger partial charge in [-0.15, -0.1) is 11.8 Å². The van der Waals surface area contributed by atoms with Crippen LogP contribution in [0.25, 0.3) is 0 Å². The molecule has 0 aliphatic rings. The molecule has 0 aliphatic carbocycles. The first-order chi connectivity index (χ1) is 12.2. The predicted molar refractivity (Wildman–Crippen MR) is 102 cm³/mol. The van der Waals surface area contributed by atoms with Gasteiger partial charge in [-0.25, -0.2) is 0 Å². The Morgan fingerprint density at radius 1 is 1.15 bits per heavy atom. The number of hydrogen-bond donors (Lipinski definition) is 1. The number of carbonyl (C=O) groups is 1. The summed E-state index contributed by atoms with van der Waals surface area (Å²) < 4.78 is 39.1. The fraction of sp³-hybridized carbons (Fsp3) is 0.316. The summed E-state index contributed by atoms with van der Waals surface area (Å²) in [4.78, 5) is 12.0. The van der Waals surface area contributed by atoms with Crippen LogP contribution in [-0.4, -0.2) is 11.7 Å². The smallest absolute Gasteiger partial charge is 0.324 e. The molecule has 0 radical (unpaired) electrons. The number of thioether (sulfide) groups is 1. The molecule has 0 spiro atoms. The molecular formula is C19H19ClF3NOS. The standard InChI is InChI=1S/C19H19ClF3NOS/c1-12(2)14-8-6-13(7-9-14)10-26-11-17(25)24-18-15(19(21,22)23)4-3-5-16(18)20/h3-9,12H,10-11H2,1-2H3,(H,24,25). The second-order valence-corrected chi connectivity index (χ2v) is 7.49. The van der Waals surface area contributed by atoms with Gasteiger partial charge in [-0.1, -0.05) is 55.8 Å². The molecule has 26 heavy (non-hydrogen) atoms. The minimum absolute atomic E-state index is 0.0362. The number of hydrogen-bond acceptors (Lipinski definition) is 2. The van der Waals surface area contributed by atoms with Gasteiger partial charge in [0.15, 0.2) is 0 Å². The number of para-hydroxylation sites is 1. The van der Waals surface area contributed by atoms with Gasteiger partial charge in [-0.3, -0.25) is 4.79 Å². The van der Waals surface area contributed by atoms with Crippen molar-refractivity contribution >= 4 is 35.0 Å². The Morgan fingerprint density at radius 2 is 1.81 bits per heavy atom. The highest BCUT2D eigenvalue weighted by Crippen LogP contribution is 2.38. The lowest BCUT2D eigenvalue weighted by atomic mass is 10.0. The second-order valence-electron chi connectivity index (χ2n) is 6.10. The number of amides is 1. The highest BCUT2D eigenvalue weighted by Gasteiger charge is 2.34. The van der Waals surface area contributed by atoms with Gasteiger partial charge in [0.2, 0.25) is 5.91 Å². The Morgan fingerprint density at radius 3 is 2.38 bits per heavy atom. The van der Waals surface area contributed by atoms with Gasteiger partial charge in [0, 0.05) is 5.75 Å². The molecule has 2 nitrogen and oxygen atoms in total. The van der Waals surface area contributed by atoms with Crippen LogP contribution in [0.2, 0.25) is 5.02 Å². The first-order valence-electron chi connectivity index (χ1n) is 8.00. The first kappa shape index (κ1) is 20.6. The zero-order chi connectivity index (χ0) is 19.3. The molecule has 0 aromatic heterocycles. The van der Waals surface area contributed by atoms with Crippen LogP contribution in [-0.2, 0) is 16.7 Å². The Bertz CT molecular complexity index is 760. The molecule has 0 bridgehead atoms. The van der Waals surface area contributed by atoms with Crippen molar-refractivity contribution in [3.05, 3.63) is 64.2 Å². The van der Waals surface area contributed by atoms with Gasteiger partial charge in [0.25, 0.3) is 0 Å². The molecule has 0 atom stereocenters. The molecule has 0 aliphatic heterocycles. The molecule has 2 rings (SSSR count). The van der Waals surface area contributed by atoms with Gasteiger partial charge in [0.1, 0.15) is 0 Å². The average Bonchev–Trinajstić information content (AvgIpc) is 2.56. The lowest BCUT2D eigenvalue weighted by Gasteiger charge is -2.15. The summed E-state index contributed by atoms with van der Waals surface area (Å²) in [6.45, 7) is 4.22. The van der Waals surface area contributed by atoms with E-state index in [4.69, 9.17) is 11.6 Å². The van der Waals surface area contributed by atoms with Gasteiger partial charge in [0.05, 0.1) is 22.0 Å². The number of halogens is 4. The fourth-order valence-corrected chi connectivity index (χ4v) is 3.33. The van der Waals surface area contributed by atoms with E-state index in [9.17, 15) is 18.0 Å². The van der Waals surface area contributed by atoms with E-state index in [-0.39, 0.29) is 10.8 Å². The van der Waals surface area contributed by atoms with Crippen molar-refractivity contribution in [2.45, 2.75) is 31.7 Å². The van der Waals surface area contributed by atoms with E-state index < -0.39 is 23.3 Å². The lowest BCUT2D eigenvalue weighted by Crippen LogP contribution is -2.18. The topological polar surface area (TPSA) is 29.1 Å². The lowest BCUT2D eigenvalue weighted by molar-refractivity contribution is -0.137. The Balaban J connectivity index is 1.94. The molecule has 0 unspecified atom stereocenters. The summed E-state index contributed by atoms with van der Waals surface area (Å²) in [5.74, 6) is 0.558. The minimum atomic E-state index is -4.58. The number of rotatable bonds is 6. The van der Waals surface area contributed by atoms with Gasteiger partial charge in [-0.05, 0) is 29.2 Å². The summed E-state index contributed by atoms with van der Waals surface area (Å²) >= 11 is 7.16. The normalized spacial score (nSPS) is 11.7. The summed E-state index contributed by atoms with van der Waals surface area (Å²) in [7, 11) is 0. The molecule has 0 saturated heterocycles. The van der Waals surface area contributed by atoms with Crippen LogP contribution in [0.5, 0.6) is 0 Å². The van der Waals surface area contributed by atoms with Crippen molar-refractivity contribution in [3.8, 4) is 0 Å². The van der Waals surface area contributed by atoms with E-state index in [1.54, 1.807) is 0 Å². The van der Waals surface area contributed by atoms with E-state index in [0.717, 1.165) is 11.6 Å². The first-order valence-corrected chi connectivity index (χ1v) is 9.54. The van der Waals surface area contributed by atoms with Crippen LogP contribution in [0.1, 0.15) is 36.5 Å². The molecular weight excluding hydrogens is 383 g/mol. The van der Waals surface area contributed by atoms with Crippen molar-refractivity contribution in [3.63, 3.8) is 0 Å². The number of nitrogens with one attached hydrogen (secondary N) is 1. The second kappa shape index (κ2) is 8.82. The maximum atomic E-state index is 13.0. The zero-order valence-corrected chi connectivity index (χ0v) is 15.9. The number of anilines is 1.